The van der Waals surface area contributed by atoms with Crippen LogP contribution in [0, 0.1) is 25.2 Å². The van der Waals surface area contributed by atoms with Gasteiger partial charge in [0.1, 0.15) is 6.07 Å². The maximum absolute atomic E-state index is 13.2. The van der Waals surface area contributed by atoms with Crippen molar-refractivity contribution in [2.45, 2.75) is 40.2 Å². The Morgan fingerprint density at radius 2 is 1.83 bits per heavy atom. The highest BCUT2D eigenvalue weighted by Crippen LogP contribution is 2.22. The Hall–Kier alpha value is -3.65. The number of rotatable bonds is 2. The topological polar surface area (TPSA) is 73.9 Å². The highest BCUT2D eigenvalue weighted by molar-refractivity contribution is 5.79. The van der Waals surface area contributed by atoms with E-state index in [4.69, 9.17) is 4.99 Å². The second kappa shape index (κ2) is 7.00. The molecule has 0 aliphatic carbocycles. The van der Waals surface area contributed by atoms with Crippen LogP contribution >= 0.6 is 0 Å². The summed E-state index contributed by atoms with van der Waals surface area (Å²) in [5, 5.41) is 14.9. The molecule has 4 rings (SSSR count). The van der Waals surface area contributed by atoms with E-state index in [1.165, 1.54) is 4.68 Å². The van der Waals surface area contributed by atoms with Gasteiger partial charge in [-0.15, -0.1) is 0 Å². The maximum Gasteiger partial charge on any atom is 0.280 e. The Balaban J connectivity index is 2.03. The lowest BCUT2D eigenvalue weighted by atomic mass is 9.91. The first-order valence-electron chi connectivity index (χ1n) is 9.94. The number of fused-ring (bicyclic) bond motifs is 1. The van der Waals surface area contributed by atoms with Crippen LogP contribution in [-0.2, 0) is 0 Å². The van der Waals surface area contributed by atoms with Crippen LogP contribution in [0.25, 0.3) is 16.8 Å². The molecule has 30 heavy (non-hydrogen) atoms. The fraction of sp³-hybridized carbons (Fsp3) is 0.240. The molecule has 5 nitrogen and oxygen atoms in total. The number of para-hydroxylation sites is 1. The lowest BCUT2D eigenvalue weighted by molar-refractivity contribution is 0.631. The highest BCUT2D eigenvalue weighted by Gasteiger charge is 2.21. The van der Waals surface area contributed by atoms with Crippen LogP contribution in [-0.4, -0.2) is 15.3 Å². The van der Waals surface area contributed by atoms with Crippen LogP contribution in [0.2, 0.25) is 0 Å². The molecular formula is C25H24N4O. The molecule has 0 bridgehead atoms. The second-order valence-corrected chi connectivity index (χ2v) is 8.35. The molecule has 2 heterocycles. The number of aromatic amines is 1. The molecule has 0 saturated heterocycles. The van der Waals surface area contributed by atoms with Gasteiger partial charge in [-0.2, -0.15) is 5.26 Å². The van der Waals surface area contributed by atoms with Gasteiger partial charge in [-0.05, 0) is 75.2 Å². The predicted molar refractivity (Wildman–Crippen MR) is 119 cm³/mol. The summed E-state index contributed by atoms with van der Waals surface area (Å²) in [5.74, 6) is 0. The standard InChI is InChI=1S/C25H24N4O/c1-15-11-22-20(16(2)13-25(4,5)27-22)12-19(15)21(14-26)23-17(3)28-29(24(23)30)18-9-7-6-8-10-18/h6-13,28H,1-5H3/b21-19+. The number of nitrogens with zero attached hydrogens (tertiary/aromatic N) is 3. The third-order valence-corrected chi connectivity index (χ3v) is 5.46. The summed E-state index contributed by atoms with van der Waals surface area (Å²) in [6.07, 6.45) is 2.13. The van der Waals surface area contributed by atoms with Crippen molar-refractivity contribution in [3.8, 4) is 11.8 Å². The van der Waals surface area contributed by atoms with Gasteiger partial charge in [0.05, 0.1) is 27.7 Å². The zero-order valence-corrected chi connectivity index (χ0v) is 17.9. The molecule has 1 aliphatic heterocycles. The fourth-order valence-electron chi connectivity index (χ4n) is 4.17. The van der Waals surface area contributed by atoms with Crippen molar-refractivity contribution in [1.82, 2.24) is 9.78 Å². The number of aromatic nitrogens is 2. The minimum atomic E-state index is -0.256. The molecule has 0 radical (unpaired) electrons. The molecule has 0 fully saturated rings. The van der Waals surface area contributed by atoms with Crippen molar-refractivity contribution in [2.75, 3.05) is 0 Å². The first-order chi connectivity index (χ1) is 14.2. The number of hydrogen-bond donors (Lipinski definition) is 1. The van der Waals surface area contributed by atoms with E-state index in [-0.39, 0.29) is 11.1 Å². The molecule has 2 aromatic carbocycles. The molecule has 0 saturated carbocycles. The lowest BCUT2D eigenvalue weighted by Gasteiger charge is -2.22. The molecule has 1 aromatic heterocycles. The van der Waals surface area contributed by atoms with Gasteiger partial charge < -0.3 is 0 Å². The highest BCUT2D eigenvalue weighted by atomic mass is 16.1. The molecule has 150 valence electrons. The summed E-state index contributed by atoms with van der Waals surface area (Å²) in [4.78, 5) is 18.1. The normalized spacial score (nSPS) is 15.5. The molecule has 0 spiro atoms. The molecule has 3 aromatic rings. The average Bonchev–Trinajstić information content (AvgIpc) is 2.98. The third-order valence-electron chi connectivity index (χ3n) is 5.46. The van der Waals surface area contributed by atoms with Crippen LogP contribution in [0.5, 0.6) is 0 Å². The van der Waals surface area contributed by atoms with E-state index in [1.807, 2.05) is 56.3 Å². The van der Waals surface area contributed by atoms with Crippen LogP contribution < -0.4 is 16.1 Å². The summed E-state index contributed by atoms with van der Waals surface area (Å²) in [6.45, 7) is 9.99. The van der Waals surface area contributed by atoms with Crippen LogP contribution in [0.1, 0.15) is 43.2 Å². The van der Waals surface area contributed by atoms with Crippen molar-refractivity contribution < 1.29 is 0 Å². The van der Waals surface area contributed by atoms with Gasteiger partial charge in [0, 0.05) is 11.3 Å². The van der Waals surface area contributed by atoms with Gasteiger partial charge in [0.2, 0.25) is 0 Å². The minimum absolute atomic E-state index is 0.231. The largest absolute Gasteiger partial charge is 0.295 e. The molecule has 0 amide bonds. The van der Waals surface area contributed by atoms with E-state index in [9.17, 15) is 10.1 Å². The molecular weight excluding hydrogens is 372 g/mol. The second-order valence-electron chi connectivity index (χ2n) is 8.35. The van der Waals surface area contributed by atoms with E-state index >= 15 is 0 Å². The number of allylic oxidation sites excluding steroid dienone is 1. The van der Waals surface area contributed by atoms with Crippen molar-refractivity contribution in [3.05, 3.63) is 91.9 Å². The summed E-state index contributed by atoms with van der Waals surface area (Å²) in [7, 11) is 0. The number of aryl methyl sites for hydroxylation is 2. The van der Waals surface area contributed by atoms with E-state index in [0.717, 1.165) is 33.0 Å². The smallest absolute Gasteiger partial charge is 0.280 e. The predicted octanol–water partition coefficient (Wildman–Crippen LogP) is 3.32. The van der Waals surface area contributed by atoms with Gasteiger partial charge in [-0.1, -0.05) is 24.3 Å². The van der Waals surface area contributed by atoms with Crippen LogP contribution in [0.4, 0.5) is 0 Å². The first-order valence-corrected chi connectivity index (χ1v) is 9.94. The Morgan fingerprint density at radius 1 is 1.13 bits per heavy atom. The van der Waals surface area contributed by atoms with E-state index in [1.54, 1.807) is 0 Å². The van der Waals surface area contributed by atoms with Crippen molar-refractivity contribution >= 4 is 11.1 Å². The van der Waals surface area contributed by atoms with Gasteiger partial charge >= 0.3 is 0 Å². The fourth-order valence-corrected chi connectivity index (χ4v) is 4.17. The average molecular weight is 396 g/mol. The van der Waals surface area contributed by atoms with E-state index in [2.05, 4.69) is 38.0 Å². The van der Waals surface area contributed by atoms with Gasteiger partial charge in [0.15, 0.2) is 0 Å². The Bertz CT molecular complexity index is 1410. The molecule has 0 atom stereocenters. The number of nitrogens with one attached hydrogen (secondary N) is 1. The van der Waals surface area contributed by atoms with Crippen LogP contribution in [0.3, 0.4) is 0 Å². The van der Waals surface area contributed by atoms with E-state index in [0.29, 0.717) is 16.8 Å². The summed E-state index contributed by atoms with van der Waals surface area (Å²) < 4.78 is 1.48. The molecule has 1 N–H and O–H groups in total. The molecule has 0 unspecified atom stereocenters. The number of benzene rings is 2. The molecule has 5 heteroatoms. The number of H-pyrrole nitrogens is 1. The van der Waals surface area contributed by atoms with Gasteiger partial charge in [-0.25, -0.2) is 4.68 Å². The number of nitriles is 1. The van der Waals surface area contributed by atoms with Crippen molar-refractivity contribution in [1.29, 1.82) is 5.26 Å². The zero-order valence-electron chi connectivity index (χ0n) is 17.9. The summed E-state index contributed by atoms with van der Waals surface area (Å²) in [6, 6.07) is 15.7. The number of hydrogen-bond acceptors (Lipinski definition) is 3. The zero-order chi connectivity index (χ0) is 21.6. The van der Waals surface area contributed by atoms with Gasteiger partial charge in [-0.3, -0.25) is 14.9 Å². The maximum atomic E-state index is 13.2. The van der Waals surface area contributed by atoms with Crippen molar-refractivity contribution in [3.63, 3.8) is 0 Å². The van der Waals surface area contributed by atoms with Crippen LogP contribution in [0.15, 0.2) is 58.3 Å². The third kappa shape index (κ3) is 3.21. The van der Waals surface area contributed by atoms with Gasteiger partial charge in [0.25, 0.3) is 5.56 Å². The summed E-state index contributed by atoms with van der Waals surface area (Å²) >= 11 is 0. The monoisotopic (exact) mass is 396 g/mol. The minimum Gasteiger partial charge on any atom is -0.295 e. The van der Waals surface area contributed by atoms with Crippen molar-refractivity contribution in [2.24, 2.45) is 4.99 Å². The lowest BCUT2D eigenvalue weighted by Crippen LogP contribution is -2.29. The Kier molecular flexibility index (Phi) is 4.58. The first kappa shape index (κ1) is 19.7. The van der Waals surface area contributed by atoms with E-state index < -0.39 is 0 Å². The SMILES string of the molecule is CC1=CC(C)(C)N=c2cc(C)/c(=C(\C#N)c3c(C)[nH]n(-c4ccccc4)c3=O)cc21. The Morgan fingerprint density at radius 3 is 2.50 bits per heavy atom. The quantitative estimate of drug-likeness (QED) is 0.722. The molecule has 1 aliphatic rings. The Labute approximate surface area is 175 Å². The summed E-state index contributed by atoms with van der Waals surface area (Å²) in [5.41, 5.74) is 4.73.